The van der Waals surface area contributed by atoms with Crippen molar-refractivity contribution in [1.82, 2.24) is 15.0 Å². The summed E-state index contributed by atoms with van der Waals surface area (Å²) in [7, 11) is 1.97. The second-order valence-electron chi connectivity index (χ2n) is 4.83. The van der Waals surface area contributed by atoms with Gasteiger partial charge in [-0.25, -0.2) is 0 Å². The van der Waals surface area contributed by atoms with Gasteiger partial charge in [0.05, 0.1) is 0 Å². The van der Waals surface area contributed by atoms with Crippen LogP contribution in [0.5, 0.6) is 0 Å². The lowest BCUT2D eigenvalue weighted by molar-refractivity contribution is 0.621. The molecule has 1 rings (SSSR count). The molecule has 5 nitrogen and oxygen atoms in total. The van der Waals surface area contributed by atoms with Gasteiger partial charge < -0.3 is 10.2 Å². The molecule has 1 N–H and O–H groups in total. The van der Waals surface area contributed by atoms with Crippen molar-refractivity contribution < 1.29 is 0 Å². The van der Waals surface area contributed by atoms with Crippen LogP contribution >= 0.6 is 11.8 Å². The predicted octanol–water partition coefficient (Wildman–Crippen LogP) is 2.26. The fourth-order valence-corrected chi connectivity index (χ4v) is 1.49. The van der Waals surface area contributed by atoms with Crippen LogP contribution in [0.2, 0.25) is 0 Å². The monoisotopic (exact) mass is 255 g/mol. The number of anilines is 2. The van der Waals surface area contributed by atoms with Gasteiger partial charge in [0.15, 0.2) is 5.16 Å². The Kier molecular flexibility index (Phi) is 4.56. The standard InChI is InChI=1S/C11H21N5S/c1-7-16(5)9-12-8(15-11(2,3)4)13-10(14-9)17-6/h7H2,1-6H3,(H,12,13,14,15). The third-order valence-electron chi connectivity index (χ3n) is 2.09. The van der Waals surface area contributed by atoms with Crippen molar-refractivity contribution in [3.63, 3.8) is 0 Å². The van der Waals surface area contributed by atoms with Crippen LogP contribution in [0.1, 0.15) is 27.7 Å². The highest BCUT2D eigenvalue weighted by Crippen LogP contribution is 2.18. The van der Waals surface area contributed by atoms with Gasteiger partial charge in [0.1, 0.15) is 0 Å². The molecule has 0 unspecified atom stereocenters. The number of rotatable bonds is 4. The van der Waals surface area contributed by atoms with E-state index in [4.69, 9.17) is 0 Å². The average Bonchev–Trinajstić information content (AvgIpc) is 2.25. The van der Waals surface area contributed by atoms with Gasteiger partial charge >= 0.3 is 0 Å². The Bertz CT molecular complexity index is 375. The van der Waals surface area contributed by atoms with Crippen LogP contribution < -0.4 is 10.2 Å². The fraction of sp³-hybridized carbons (Fsp3) is 0.727. The maximum atomic E-state index is 4.42. The van der Waals surface area contributed by atoms with Crippen molar-refractivity contribution in [3.8, 4) is 0 Å². The molecule has 0 saturated carbocycles. The van der Waals surface area contributed by atoms with Crippen molar-refractivity contribution in [2.24, 2.45) is 0 Å². The lowest BCUT2D eigenvalue weighted by Gasteiger charge is -2.22. The lowest BCUT2D eigenvalue weighted by atomic mass is 10.1. The van der Waals surface area contributed by atoms with Gasteiger partial charge in [-0.2, -0.15) is 15.0 Å². The molecule has 0 aliphatic rings. The van der Waals surface area contributed by atoms with Gasteiger partial charge in [-0.05, 0) is 34.0 Å². The van der Waals surface area contributed by atoms with Gasteiger partial charge in [0.25, 0.3) is 0 Å². The Morgan fingerprint density at radius 3 is 2.35 bits per heavy atom. The fourth-order valence-electron chi connectivity index (χ4n) is 1.14. The van der Waals surface area contributed by atoms with Gasteiger partial charge in [-0.1, -0.05) is 11.8 Å². The molecule has 0 atom stereocenters. The van der Waals surface area contributed by atoms with Crippen LogP contribution in [0.4, 0.5) is 11.9 Å². The molecule has 0 fully saturated rings. The summed E-state index contributed by atoms with van der Waals surface area (Å²) < 4.78 is 0. The molecule has 1 heterocycles. The molecule has 0 aliphatic heterocycles. The van der Waals surface area contributed by atoms with Crippen molar-refractivity contribution in [3.05, 3.63) is 0 Å². The molecular weight excluding hydrogens is 234 g/mol. The van der Waals surface area contributed by atoms with Gasteiger partial charge in [0.2, 0.25) is 11.9 Å². The lowest BCUT2D eigenvalue weighted by Crippen LogP contribution is -2.28. The van der Waals surface area contributed by atoms with Gasteiger partial charge in [0, 0.05) is 19.1 Å². The Balaban J connectivity index is 3.05. The third kappa shape index (κ3) is 4.38. The Hall–Kier alpha value is -1.04. The molecule has 1 aromatic rings. The largest absolute Gasteiger partial charge is 0.349 e. The summed E-state index contributed by atoms with van der Waals surface area (Å²) in [5.41, 5.74) is -0.0565. The molecule has 0 aromatic carbocycles. The van der Waals surface area contributed by atoms with Crippen molar-refractivity contribution >= 4 is 23.7 Å². The topological polar surface area (TPSA) is 53.9 Å². The first-order chi connectivity index (χ1) is 7.85. The molecule has 0 saturated heterocycles. The Morgan fingerprint density at radius 2 is 1.88 bits per heavy atom. The normalized spacial score (nSPS) is 11.4. The number of nitrogens with one attached hydrogen (secondary N) is 1. The van der Waals surface area contributed by atoms with E-state index < -0.39 is 0 Å². The first-order valence-corrected chi connectivity index (χ1v) is 6.87. The van der Waals surface area contributed by atoms with Crippen molar-refractivity contribution in [2.45, 2.75) is 38.4 Å². The molecule has 96 valence electrons. The van der Waals surface area contributed by atoms with Crippen LogP contribution in [0.15, 0.2) is 5.16 Å². The van der Waals surface area contributed by atoms with Crippen molar-refractivity contribution in [1.29, 1.82) is 0 Å². The number of aromatic nitrogens is 3. The molecule has 0 bridgehead atoms. The van der Waals surface area contributed by atoms with Crippen LogP contribution in [0.3, 0.4) is 0 Å². The quantitative estimate of drug-likeness (QED) is 0.833. The van der Waals surface area contributed by atoms with Crippen LogP contribution in [-0.4, -0.2) is 40.3 Å². The SMILES string of the molecule is CCN(C)c1nc(NC(C)(C)C)nc(SC)n1. The summed E-state index contributed by atoms with van der Waals surface area (Å²) >= 11 is 1.52. The molecule has 1 aromatic heterocycles. The number of thioether (sulfide) groups is 1. The van der Waals surface area contributed by atoms with Crippen molar-refractivity contribution in [2.75, 3.05) is 30.1 Å². The zero-order valence-electron chi connectivity index (χ0n) is 11.4. The molecular formula is C11H21N5S. The van der Waals surface area contributed by atoms with Gasteiger partial charge in [-0.3, -0.25) is 0 Å². The molecule has 6 heteroatoms. The Morgan fingerprint density at radius 1 is 1.24 bits per heavy atom. The van der Waals surface area contributed by atoms with E-state index in [-0.39, 0.29) is 5.54 Å². The second-order valence-corrected chi connectivity index (χ2v) is 5.61. The Labute approximate surface area is 107 Å². The summed E-state index contributed by atoms with van der Waals surface area (Å²) in [6.07, 6.45) is 1.96. The van der Waals surface area contributed by atoms with E-state index in [1.54, 1.807) is 0 Å². The van der Waals surface area contributed by atoms with E-state index in [2.05, 4.69) is 48.0 Å². The molecule has 0 aliphatic carbocycles. The molecule has 0 amide bonds. The predicted molar refractivity (Wildman–Crippen MR) is 73.9 cm³/mol. The maximum absolute atomic E-state index is 4.42. The summed E-state index contributed by atoms with van der Waals surface area (Å²) in [4.78, 5) is 15.1. The van der Waals surface area contributed by atoms with E-state index in [1.165, 1.54) is 11.8 Å². The zero-order chi connectivity index (χ0) is 13.1. The maximum Gasteiger partial charge on any atom is 0.230 e. The summed E-state index contributed by atoms with van der Waals surface area (Å²) in [5.74, 6) is 1.34. The highest BCUT2D eigenvalue weighted by Gasteiger charge is 2.14. The molecule has 17 heavy (non-hydrogen) atoms. The van der Waals surface area contributed by atoms with E-state index in [1.807, 2.05) is 18.2 Å². The average molecular weight is 255 g/mol. The number of hydrogen-bond acceptors (Lipinski definition) is 6. The summed E-state index contributed by atoms with van der Waals surface area (Å²) in [5, 5.41) is 4.01. The van der Waals surface area contributed by atoms with Crippen LogP contribution in [-0.2, 0) is 0 Å². The van der Waals surface area contributed by atoms with E-state index in [9.17, 15) is 0 Å². The minimum atomic E-state index is -0.0565. The van der Waals surface area contributed by atoms with Crippen LogP contribution in [0.25, 0.3) is 0 Å². The number of nitrogens with zero attached hydrogens (tertiary/aromatic N) is 4. The highest BCUT2D eigenvalue weighted by molar-refractivity contribution is 7.98. The van der Waals surface area contributed by atoms with Crippen LogP contribution in [0, 0.1) is 0 Å². The highest BCUT2D eigenvalue weighted by atomic mass is 32.2. The smallest absolute Gasteiger partial charge is 0.230 e. The summed E-state index contributed by atoms with van der Waals surface area (Å²) in [6, 6.07) is 0. The second kappa shape index (κ2) is 5.53. The first kappa shape index (κ1) is 14.0. The minimum absolute atomic E-state index is 0.0565. The number of hydrogen-bond donors (Lipinski definition) is 1. The summed E-state index contributed by atoms with van der Waals surface area (Å²) in [6.45, 7) is 9.18. The van der Waals surface area contributed by atoms with Gasteiger partial charge in [-0.15, -0.1) is 0 Å². The molecule has 0 spiro atoms. The third-order valence-corrected chi connectivity index (χ3v) is 2.64. The molecule has 0 radical (unpaired) electrons. The van der Waals surface area contributed by atoms with E-state index in [0.29, 0.717) is 11.9 Å². The first-order valence-electron chi connectivity index (χ1n) is 5.65. The minimum Gasteiger partial charge on any atom is -0.349 e. The van der Waals surface area contributed by atoms with E-state index in [0.717, 1.165) is 11.7 Å². The van der Waals surface area contributed by atoms with E-state index >= 15 is 0 Å². The zero-order valence-corrected chi connectivity index (χ0v) is 12.2.